The third-order valence-electron chi connectivity index (χ3n) is 6.37. The molecule has 0 spiro atoms. The lowest BCUT2D eigenvalue weighted by Gasteiger charge is -2.22. The Morgan fingerprint density at radius 2 is 1.77 bits per heavy atom. The maximum atomic E-state index is 13.7. The van der Waals surface area contributed by atoms with E-state index < -0.39 is 30.6 Å². The highest BCUT2D eigenvalue weighted by Crippen LogP contribution is 2.36. The van der Waals surface area contributed by atoms with Crippen LogP contribution in [-0.4, -0.2) is 88.2 Å². The predicted octanol–water partition coefficient (Wildman–Crippen LogP) is 3.26. The first-order valence-corrected chi connectivity index (χ1v) is 12.6. The summed E-state index contributed by atoms with van der Waals surface area (Å²) in [6.07, 6.45) is -1.15. The molecule has 2 N–H and O–H groups in total. The Labute approximate surface area is 230 Å². The van der Waals surface area contributed by atoms with E-state index in [9.17, 15) is 15.0 Å². The van der Waals surface area contributed by atoms with Gasteiger partial charge in [-0.2, -0.15) is 4.98 Å². The number of carbonyl (C=O) groups excluding carboxylic acids is 1. The molecule has 12 nitrogen and oxygen atoms in total. The van der Waals surface area contributed by atoms with Crippen LogP contribution in [0.5, 0.6) is 5.88 Å². The number of aliphatic hydroxyl groups is 2. The Balaban J connectivity index is 1.58. The van der Waals surface area contributed by atoms with Gasteiger partial charge in [-0.3, -0.25) is 0 Å². The number of fused-ring (bicyclic) bond motifs is 1. The van der Waals surface area contributed by atoms with Crippen LogP contribution in [0.1, 0.15) is 6.23 Å². The number of carbonyl (C=O) groups is 1. The molecule has 1 saturated heterocycles. The second kappa shape index (κ2) is 11.8. The van der Waals surface area contributed by atoms with Gasteiger partial charge in [0.05, 0.1) is 36.2 Å². The van der Waals surface area contributed by atoms with Crippen molar-refractivity contribution in [1.29, 1.82) is 0 Å². The fraction of sp³-hybridized carbons (Fsp3) is 0.286. The zero-order chi connectivity index (χ0) is 28.2. The van der Waals surface area contributed by atoms with Gasteiger partial charge in [0.15, 0.2) is 17.6 Å². The standard InChI is InChI=1S/C28H30N6O6/c1-32(2)16-29-22-14-20-23(30-17-33(20)27-25(38-3)24(36)21(15-35)39-27)26(31-22)40-28(37)34(18-10-6-4-7-11-18)19-12-8-5-9-13-19/h4-14,16-17,21,24-25,27,35-36H,15H2,1-3H3/t21-,24?,25-,27-/m1/s1. The summed E-state index contributed by atoms with van der Waals surface area (Å²) in [5.41, 5.74) is 1.97. The molecule has 1 aliphatic rings. The van der Waals surface area contributed by atoms with E-state index in [0.717, 1.165) is 0 Å². The van der Waals surface area contributed by atoms with Crippen LogP contribution >= 0.6 is 0 Å². The highest BCUT2D eigenvalue weighted by atomic mass is 16.6. The monoisotopic (exact) mass is 546 g/mol. The molecule has 40 heavy (non-hydrogen) atoms. The summed E-state index contributed by atoms with van der Waals surface area (Å²) < 4.78 is 18.9. The number of rotatable bonds is 8. The van der Waals surface area contributed by atoms with E-state index in [2.05, 4.69) is 15.0 Å². The molecule has 2 aromatic heterocycles. The zero-order valence-corrected chi connectivity index (χ0v) is 22.2. The quantitative estimate of drug-likeness (QED) is 0.252. The van der Waals surface area contributed by atoms with Crippen molar-refractivity contribution in [2.24, 2.45) is 4.99 Å². The Kier molecular flexibility index (Phi) is 8.03. The van der Waals surface area contributed by atoms with E-state index >= 15 is 0 Å². The Morgan fingerprint density at radius 1 is 1.12 bits per heavy atom. The molecule has 1 amide bonds. The number of aliphatic hydroxyl groups excluding tert-OH is 2. The van der Waals surface area contributed by atoms with Gasteiger partial charge in [0.25, 0.3) is 5.88 Å². The lowest BCUT2D eigenvalue weighted by molar-refractivity contribution is -0.0580. The van der Waals surface area contributed by atoms with Gasteiger partial charge in [0.2, 0.25) is 0 Å². The first-order chi connectivity index (χ1) is 19.4. The van der Waals surface area contributed by atoms with E-state index in [-0.39, 0.29) is 23.8 Å². The molecule has 4 atom stereocenters. The number of amides is 1. The van der Waals surface area contributed by atoms with Gasteiger partial charge in [-0.15, -0.1) is 0 Å². The minimum Gasteiger partial charge on any atom is -0.394 e. The first-order valence-electron chi connectivity index (χ1n) is 12.6. The van der Waals surface area contributed by atoms with Gasteiger partial charge < -0.3 is 33.9 Å². The second-order valence-corrected chi connectivity index (χ2v) is 9.33. The fourth-order valence-electron chi connectivity index (χ4n) is 4.49. The lowest BCUT2D eigenvalue weighted by Crippen LogP contribution is -2.34. The van der Waals surface area contributed by atoms with Crippen molar-refractivity contribution >= 4 is 40.7 Å². The molecule has 208 valence electrons. The zero-order valence-electron chi connectivity index (χ0n) is 22.2. The van der Waals surface area contributed by atoms with Crippen molar-refractivity contribution in [2.75, 3.05) is 32.7 Å². The second-order valence-electron chi connectivity index (χ2n) is 9.33. The first kappa shape index (κ1) is 27.2. The Bertz CT molecular complexity index is 1440. The van der Waals surface area contributed by atoms with Gasteiger partial charge >= 0.3 is 6.09 Å². The van der Waals surface area contributed by atoms with Crippen molar-refractivity contribution in [3.63, 3.8) is 0 Å². The SMILES string of the molecule is CO[C@@H]1C(O)[C@@H](CO)O[C@H]1n1cnc2c(OC(=O)N(c3ccccc3)c3ccccc3)nc(N=CN(C)C)cc21. The van der Waals surface area contributed by atoms with Crippen LogP contribution < -0.4 is 9.64 Å². The van der Waals surface area contributed by atoms with Crippen LogP contribution in [0.4, 0.5) is 22.0 Å². The summed E-state index contributed by atoms with van der Waals surface area (Å²) in [4.78, 5) is 30.2. The summed E-state index contributed by atoms with van der Waals surface area (Å²) >= 11 is 0. The number of methoxy groups -OCH3 is 1. The highest BCUT2D eigenvalue weighted by Gasteiger charge is 2.45. The summed E-state index contributed by atoms with van der Waals surface area (Å²) in [5, 5.41) is 20.2. The summed E-state index contributed by atoms with van der Waals surface area (Å²) in [6, 6.07) is 19.9. The number of hydrogen-bond donors (Lipinski definition) is 2. The molecule has 1 unspecified atom stereocenters. The molecule has 0 saturated carbocycles. The normalized spacial score (nSPS) is 20.7. The van der Waals surface area contributed by atoms with E-state index in [1.807, 2.05) is 50.5 Å². The van der Waals surface area contributed by atoms with Crippen LogP contribution in [0.3, 0.4) is 0 Å². The number of para-hydroxylation sites is 2. The van der Waals surface area contributed by atoms with Gasteiger partial charge in [0, 0.05) is 27.3 Å². The van der Waals surface area contributed by atoms with Crippen molar-refractivity contribution in [1.82, 2.24) is 19.4 Å². The van der Waals surface area contributed by atoms with E-state index in [1.54, 1.807) is 46.1 Å². The molecule has 1 fully saturated rings. The molecular weight excluding hydrogens is 516 g/mol. The van der Waals surface area contributed by atoms with E-state index in [0.29, 0.717) is 16.9 Å². The van der Waals surface area contributed by atoms with Crippen LogP contribution in [0, 0.1) is 0 Å². The summed E-state index contributed by atoms with van der Waals surface area (Å²) in [5.74, 6) is 0.193. The Morgan fingerprint density at radius 3 is 2.35 bits per heavy atom. The lowest BCUT2D eigenvalue weighted by atomic mass is 10.1. The largest absolute Gasteiger partial charge is 0.425 e. The number of nitrogens with zero attached hydrogens (tertiary/aromatic N) is 6. The molecule has 12 heteroatoms. The van der Waals surface area contributed by atoms with Gasteiger partial charge in [0.1, 0.15) is 18.3 Å². The number of aromatic nitrogens is 3. The number of pyridine rings is 1. The highest BCUT2D eigenvalue weighted by molar-refractivity contribution is 5.98. The minimum absolute atomic E-state index is 0.0600. The molecule has 0 bridgehead atoms. The molecule has 0 aliphatic carbocycles. The van der Waals surface area contributed by atoms with E-state index in [1.165, 1.54) is 18.3 Å². The number of ether oxygens (including phenoxy) is 3. The number of hydrogen-bond acceptors (Lipinski definition) is 9. The fourth-order valence-corrected chi connectivity index (χ4v) is 4.49. The van der Waals surface area contributed by atoms with Crippen molar-refractivity contribution in [3.05, 3.63) is 73.1 Å². The molecular formula is C28H30N6O6. The van der Waals surface area contributed by atoms with Crippen LogP contribution in [0.25, 0.3) is 11.0 Å². The molecule has 5 rings (SSSR count). The van der Waals surface area contributed by atoms with E-state index in [4.69, 9.17) is 14.2 Å². The summed E-state index contributed by atoms with van der Waals surface area (Å²) in [6.45, 7) is -0.387. The predicted molar refractivity (Wildman–Crippen MR) is 148 cm³/mol. The van der Waals surface area contributed by atoms with Crippen LogP contribution in [-0.2, 0) is 9.47 Å². The van der Waals surface area contributed by atoms with Gasteiger partial charge in [-0.25, -0.2) is 19.7 Å². The maximum Gasteiger partial charge on any atom is 0.425 e. The average Bonchev–Trinajstić information content (AvgIpc) is 3.53. The molecule has 0 radical (unpaired) electrons. The Hall–Kier alpha value is -4.36. The number of benzene rings is 2. The average molecular weight is 547 g/mol. The smallest absolute Gasteiger partial charge is 0.394 e. The van der Waals surface area contributed by atoms with Crippen LogP contribution in [0.15, 0.2) is 78.0 Å². The van der Waals surface area contributed by atoms with Crippen molar-refractivity contribution in [2.45, 2.75) is 24.5 Å². The molecule has 4 aromatic rings. The van der Waals surface area contributed by atoms with Gasteiger partial charge in [-0.05, 0) is 24.3 Å². The third kappa shape index (κ3) is 5.38. The maximum absolute atomic E-state index is 13.7. The molecule has 2 aromatic carbocycles. The van der Waals surface area contributed by atoms with Gasteiger partial charge in [-0.1, -0.05) is 36.4 Å². The van der Waals surface area contributed by atoms with Crippen molar-refractivity contribution in [3.8, 4) is 5.88 Å². The molecule has 1 aliphatic heterocycles. The number of imidazole rings is 1. The summed E-state index contributed by atoms with van der Waals surface area (Å²) in [7, 11) is 5.08. The molecule has 3 heterocycles. The topological polar surface area (TPSA) is 135 Å². The number of aliphatic imine (C=N–C) groups is 1. The van der Waals surface area contributed by atoms with Crippen LogP contribution in [0.2, 0.25) is 0 Å². The van der Waals surface area contributed by atoms with Crippen molar-refractivity contribution < 1.29 is 29.2 Å². The minimum atomic E-state index is -1.06. The third-order valence-corrected chi connectivity index (χ3v) is 6.37. The number of anilines is 2.